The predicted octanol–water partition coefficient (Wildman–Crippen LogP) is 3.26. The largest absolute Gasteiger partial charge is 0.380 e. The van der Waals surface area contributed by atoms with Gasteiger partial charge in [0.2, 0.25) is 0 Å². The van der Waals surface area contributed by atoms with E-state index in [0.29, 0.717) is 6.04 Å². The highest BCUT2D eigenvalue weighted by Crippen LogP contribution is 2.32. The van der Waals surface area contributed by atoms with Crippen LogP contribution in [0.15, 0.2) is 22.7 Å². The van der Waals surface area contributed by atoms with Gasteiger partial charge in [-0.05, 0) is 66.3 Å². The number of hydrogen-bond donors (Lipinski definition) is 1. The molecule has 0 spiro atoms. The second-order valence-electron chi connectivity index (χ2n) is 5.33. The predicted molar refractivity (Wildman–Crippen MR) is 75.5 cm³/mol. The minimum atomic E-state index is 0.635. The van der Waals surface area contributed by atoms with Crippen molar-refractivity contribution in [3.8, 4) is 0 Å². The number of nitrogens with one attached hydrogen (secondary N) is 1. The van der Waals surface area contributed by atoms with E-state index in [1.807, 2.05) is 0 Å². The highest BCUT2D eigenvalue weighted by Gasteiger charge is 2.34. The first-order valence-electron chi connectivity index (χ1n) is 6.48. The van der Waals surface area contributed by atoms with Gasteiger partial charge in [0.05, 0.1) is 0 Å². The van der Waals surface area contributed by atoms with Gasteiger partial charge in [0.1, 0.15) is 0 Å². The van der Waals surface area contributed by atoms with Crippen LogP contribution in [0.4, 0.5) is 5.69 Å². The number of halogens is 1. The van der Waals surface area contributed by atoms with Gasteiger partial charge < -0.3 is 10.2 Å². The molecule has 2 nitrogen and oxygen atoms in total. The number of piperidine rings is 3. The third-order valence-electron chi connectivity index (χ3n) is 4.19. The number of aryl methyl sites for hydroxylation is 1. The smallest absolute Gasteiger partial charge is 0.0490 e. The summed E-state index contributed by atoms with van der Waals surface area (Å²) in [4.78, 5) is 2.58. The van der Waals surface area contributed by atoms with Crippen LogP contribution in [0.1, 0.15) is 18.4 Å². The van der Waals surface area contributed by atoms with Crippen molar-refractivity contribution in [3.63, 3.8) is 0 Å². The van der Waals surface area contributed by atoms with Gasteiger partial charge in [-0.15, -0.1) is 0 Å². The average molecular weight is 295 g/mol. The molecule has 3 aliphatic heterocycles. The van der Waals surface area contributed by atoms with Gasteiger partial charge in [-0.2, -0.15) is 0 Å². The standard InChI is InChI=1S/C14H19BrN2/c1-10-3-2-4-12(14(10)15)16-13-9-17-7-5-11(13)6-8-17/h2-4,11,13,16H,5-9H2,1H3. The SMILES string of the molecule is Cc1cccc(NC2CN3CCC2CC3)c1Br. The summed E-state index contributed by atoms with van der Waals surface area (Å²) in [5.41, 5.74) is 2.56. The van der Waals surface area contributed by atoms with E-state index in [0.717, 1.165) is 5.92 Å². The van der Waals surface area contributed by atoms with Crippen LogP contribution in [0.2, 0.25) is 0 Å². The first-order valence-corrected chi connectivity index (χ1v) is 7.27. The van der Waals surface area contributed by atoms with Gasteiger partial charge >= 0.3 is 0 Å². The Labute approximate surface area is 112 Å². The summed E-state index contributed by atoms with van der Waals surface area (Å²) in [7, 11) is 0. The second kappa shape index (κ2) is 4.62. The summed E-state index contributed by atoms with van der Waals surface area (Å²) < 4.78 is 1.22. The maximum atomic E-state index is 3.73. The molecule has 1 N–H and O–H groups in total. The van der Waals surface area contributed by atoms with E-state index in [1.165, 1.54) is 48.2 Å². The van der Waals surface area contributed by atoms with Gasteiger partial charge in [-0.25, -0.2) is 0 Å². The van der Waals surface area contributed by atoms with Crippen molar-refractivity contribution in [3.05, 3.63) is 28.2 Å². The highest BCUT2D eigenvalue weighted by molar-refractivity contribution is 9.10. The first kappa shape index (κ1) is 11.5. The van der Waals surface area contributed by atoms with Gasteiger partial charge in [-0.1, -0.05) is 12.1 Å². The van der Waals surface area contributed by atoms with Crippen LogP contribution in [-0.4, -0.2) is 30.6 Å². The lowest BCUT2D eigenvalue weighted by atomic mass is 9.84. The molecule has 0 aromatic heterocycles. The Morgan fingerprint density at radius 1 is 1.29 bits per heavy atom. The van der Waals surface area contributed by atoms with Crippen LogP contribution in [0.3, 0.4) is 0 Å². The molecule has 3 heterocycles. The molecule has 0 saturated carbocycles. The fourth-order valence-corrected chi connectivity index (χ4v) is 3.47. The number of rotatable bonds is 2. The molecule has 1 atom stereocenters. The second-order valence-corrected chi connectivity index (χ2v) is 6.12. The molecular formula is C14H19BrN2. The third kappa shape index (κ3) is 2.23. The van der Waals surface area contributed by atoms with Crippen LogP contribution in [0.5, 0.6) is 0 Å². The van der Waals surface area contributed by atoms with Crippen molar-refractivity contribution in [1.82, 2.24) is 4.90 Å². The van der Waals surface area contributed by atoms with Crippen molar-refractivity contribution in [2.75, 3.05) is 25.0 Å². The molecule has 0 aliphatic carbocycles. The number of anilines is 1. The minimum Gasteiger partial charge on any atom is -0.380 e. The fraction of sp³-hybridized carbons (Fsp3) is 0.571. The van der Waals surface area contributed by atoms with E-state index in [1.54, 1.807) is 0 Å². The molecule has 3 fully saturated rings. The van der Waals surface area contributed by atoms with Crippen molar-refractivity contribution in [2.45, 2.75) is 25.8 Å². The number of fused-ring (bicyclic) bond motifs is 3. The molecule has 1 aromatic carbocycles. The molecule has 0 amide bonds. The Hall–Kier alpha value is -0.540. The Kier molecular flexibility index (Phi) is 3.14. The van der Waals surface area contributed by atoms with E-state index < -0.39 is 0 Å². The topological polar surface area (TPSA) is 15.3 Å². The Balaban J connectivity index is 1.76. The van der Waals surface area contributed by atoms with Crippen LogP contribution in [0, 0.1) is 12.8 Å². The number of benzene rings is 1. The summed E-state index contributed by atoms with van der Waals surface area (Å²) in [6, 6.07) is 7.08. The number of hydrogen-bond acceptors (Lipinski definition) is 2. The maximum Gasteiger partial charge on any atom is 0.0490 e. The maximum absolute atomic E-state index is 3.73. The van der Waals surface area contributed by atoms with Gasteiger partial charge in [0.25, 0.3) is 0 Å². The summed E-state index contributed by atoms with van der Waals surface area (Å²) in [5.74, 6) is 0.868. The zero-order valence-corrected chi connectivity index (χ0v) is 11.8. The Morgan fingerprint density at radius 3 is 2.71 bits per heavy atom. The van der Waals surface area contributed by atoms with E-state index >= 15 is 0 Å². The molecule has 17 heavy (non-hydrogen) atoms. The van der Waals surface area contributed by atoms with Gasteiger partial charge in [0, 0.05) is 22.7 Å². The molecule has 3 heteroatoms. The summed E-state index contributed by atoms with van der Waals surface area (Å²) in [6.45, 7) is 5.96. The van der Waals surface area contributed by atoms with Crippen LogP contribution in [0.25, 0.3) is 0 Å². The summed E-state index contributed by atoms with van der Waals surface area (Å²) in [6.07, 6.45) is 2.72. The summed E-state index contributed by atoms with van der Waals surface area (Å²) >= 11 is 3.68. The summed E-state index contributed by atoms with van der Waals surface area (Å²) in [5, 5.41) is 3.73. The van der Waals surface area contributed by atoms with Crippen LogP contribution >= 0.6 is 15.9 Å². The quantitative estimate of drug-likeness (QED) is 0.901. The molecule has 0 radical (unpaired) electrons. The van der Waals surface area contributed by atoms with Gasteiger partial charge in [-0.3, -0.25) is 0 Å². The van der Waals surface area contributed by atoms with E-state index in [-0.39, 0.29) is 0 Å². The van der Waals surface area contributed by atoms with Crippen LogP contribution in [-0.2, 0) is 0 Å². The molecule has 2 bridgehead atoms. The normalized spacial score (nSPS) is 31.5. The Bertz CT molecular complexity index is 411. The Morgan fingerprint density at radius 2 is 2.06 bits per heavy atom. The third-order valence-corrected chi connectivity index (χ3v) is 5.24. The molecule has 1 aromatic rings. The molecule has 3 aliphatic rings. The average Bonchev–Trinajstić information content (AvgIpc) is 2.36. The monoisotopic (exact) mass is 294 g/mol. The first-order chi connectivity index (χ1) is 8.24. The molecular weight excluding hydrogens is 276 g/mol. The fourth-order valence-electron chi connectivity index (χ4n) is 3.09. The lowest BCUT2D eigenvalue weighted by Crippen LogP contribution is -2.53. The molecule has 92 valence electrons. The molecule has 1 unspecified atom stereocenters. The van der Waals surface area contributed by atoms with E-state index in [2.05, 4.69) is 51.3 Å². The lowest BCUT2D eigenvalue weighted by molar-refractivity contribution is 0.0975. The molecule has 3 saturated heterocycles. The molecule has 4 rings (SSSR count). The van der Waals surface area contributed by atoms with E-state index in [9.17, 15) is 0 Å². The lowest BCUT2D eigenvalue weighted by Gasteiger charge is -2.45. The van der Waals surface area contributed by atoms with Crippen molar-refractivity contribution < 1.29 is 0 Å². The van der Waals surface area contributed by atoms with Crippen molar-refractivity contribution >= 4 is 21.6 Å². The number of nitrogens with zero attached hydrogens (tertiary/aromatic N) is 1. The van der Waals surface area contributed by atoms with Gasteiger partial charge in [0.15, 0.2) is 0 Å². The highest BCUT2D eigenvalue weighted by atomic mass is 79.9. The minimum absolute atomic E-state index is 0.635. The zero-order chi connectivity index (χ0) is 11.8. The van der Waals surface area contributed by atoms with Crippen molar-refractivity contribution in [1.29, 1.82) is 0 Å². The van der Waals surface area contributed by atoms with E-state index in [4.69, 9.17) is 0 Å². The van der Waals surface area contributed by atoms with Crippen molar-refractivity contribution in [2.24, 2.45) is 5.92 Å². The zero-order valence-electron chi connectivity index (χ0n) is 10.2. The van der Waals surface area contributed by atoms with Crippen LogP contribution < -0.4 is 5.32 Å².